The standard InChI is InChI=1S/C17H19NO2/c1-12-8-10-14(11-9-12)17(20)18(3)13(2)15-6-4-5-7-16(15)19/h4-11,13,19H,1-3H3. The number of benzene rings is 2. The molecule has 2 aromatic carbocycles. The maximum Gasteiger partial charge on any atom is 0.254 e. The molecule has 3 nitrogen and oxygen atoms in total. The number of carbonyl (C=O) groups is 1. The molecule has 2 rings (SSSR count). The van der Waals surface area contributed by atoms with Crippen LogP contribution in [0, 0.1) is 6.92 Å². The van der Waals surface area contributed by atoms with E-state index >= 15 is 0 Å². The van der Waals surface area contributed by atoms with Crippen LogP contribution in [0.2, 0.25) is 0 Å². The van der Waals surface area contributed by atoms with E-state index in [0.717, 1.165) is 11.1 Å². The number of nitrogens with zero attached hydrogens (tertiary/aromatic N) is 1. The van der Waals surface area contributed by atoms with Crippen LogP contribution in [0.25, 0.3) is 0 Å². The summed E-state index contributed by atoms with van der Waals surface area (Å²) in [4.78, 5) is 14.1. The number of aromatic hydroxyl groups is 1. The summed E-state index contributed by atoms with van der Waals surface area (Å²) in [6.07, 6.45) is 0. The van der Waals surface area contributed by atoms with Crippen molar-refractivity contribution >= 4 is 5.91 Å². The molecule has 0 aliphatic rings. The highest BCUT2D eigenvalue weighted by atomic mass is 16.3. The number of hydrogen-bond donors (Lipinski definition) is 1. The van der Waals surface area contributed by atoms with Gasteiger partial charge in [-0.1, -0.05) is 35.9 Å². The number of para-hydroxylation sites is 1. The normalized spacial score (nSPS) is 11.9. The average Bonchev–Trinajstić information content (AvgIpc) is 2.46. The van der Waals surface area contributed by atoms with Crippen LogP contribution in [0.3, 0.4) is 0 Å². The SMILES string of the molecule is Cc1ccc(C(=O)N(C)C(C)c2ccccc2O)cc1. The summed E-state index contributed by atoms with van der Waals surface area (Å²) in [6, 6.07) is 14.4. The fourth-order valence-electron chi connectivity index (χ4n) is 2.13. The summed E-state index contributed by atoms with van der Waals surface area (Å²) in [7, 11) is 1.75. The van der Waals surface area contributed by atoms with Crippen LogP contribution in [0.1, 0.15) is 34.5 Å². The Kier molecular flexibility index (Phi) is 4.08. The second kappa shape index (κ2) is 5.78. The smallest absolute Gasteiger partial charge is 0.254 e. The summed E-state index contributed by atoms with van der Waals surface area (Å²) in [5, 5.41) is 9.88. The summed E-state index contributed by atoms with van der Waals surface area (Å²) >= 11 is 0. The second-order valence-electron chi connectivity index (χ2n) is 5.02. The minimum absolute atomic E-state index is 0.0549. The maximum absolute atomic E-state index is 12.4. The van der Waals surface area contributed by atoms with E-state index in [0.29, 0.717) is 5.56 Å². The highest BCUT2D eigenvalue weighted by Crippen LogP contribution is 2.28. The van der Waals surface area contributed by atoms with Crippen molar-refractivity contribution in [1.29, 1.82) is 0 Å². The van der Waals surface area contributed by atoms with E-state index in [9.17, 15) is 9.90 Å². The topological polar surface area (TPSA) is 40.5 Å². The number of aryl methyl sites for hydroxylation is 1. The molecule has 2 aromatic rings. The molecular weight excluding hydrogens is 250 g/mol. The fraction of sp³-hybridized carbons (Fsp3) is 0.235. The van der Waals surface area contributed by atoms with Crippen LogP contribution in [0.15, 0.2) is 48.5 Å². The van der Waals surface area contributed by atoms with Crippen molar-refractivity contribution in [2.75, 3.05) is 7.05 Å². The lowest BCUT2D eigenvalue weighted by Gasteiger charge is -2.26. The van der Waals surface area contributed by atoms with Gasteiger partial charge in [0.25, 0.3) is 5.91 Å². The van der Waals surface area contributed by atoms with E-state index in [2.05, 4.69) is 0 Å². The molecule has 1 atom stereocenters. The number of phenolic OH excluding ortho intramolecular Hbond substituents is 1. The van der Waals surface area contributed by atoms with Gasteiger partial charge in [-0.2, -0.15) is 0 Å². The Morgan fingerprint density at radius 2 is 1.70 bits per heavy atom. The first kappa shape index (κ1) is 14.1. The third-order valence-corrected chi connectivity index (χ3v) is 3.59. The van der Waals surface area contributed by atoms with Crippen molar-refractivity contribution in [1.82, 2.24) is 4.90 Å². The van der Waals surface area contributed by atoms with Gasteiger partial charge < -0.3 is 10.0 Å². The Morgan fingerprint density at radius 1 is 1.10 bits per heavy atom. The van der Waals surface area contributed by atoms with Gasteiger partial charge >= 0.3 is 0 Å². The first-order valence-electron chi connectivity index (χ1n) is 6.62. The zero-order chi connectivity index (χ0) is 14.7. The Balaban J connectivity index is 2.22. The Morgan fingerprint density at radius 3 is 2.30 bits per heavy atom. The first-order valence-corrected chi connectivity index (χ1v) is 6.62. The molecule has 3 heteroatoms. The predicted octanol–water partition coefficient (Wildman–Crippen LogP) is 3.53. The molecule has 0 spiro atoms. The molecule has 104 valence electrons. The highest BCUT2D eigenvalue weighted by Gasteiger charge is 2.20. The van der Waals surface area contributed by atoms with Gasteiger partial charge in [0.1, 0.15) is 5.75 Å². The number of carbonyl (C=O) groups excluding carboxylic acids is 1. The highest BCUT2D eigenvalue weighted by molar-refractivity contribution is 5.94. The lowest BCUT2D eigenvalue weighted by Crippen LogP contribution is -2.29. The molecule has 0 bridgehead atoms. The van der Waals surface area contributed by atoms with Crippen LogP contribution in [0.5, 0.6) is 5.75 Å². The Hall–Kier alpha value is -2.29. The van der Waals surface area contributed by atoms with Gasteiger partial charge in [0.05, 0.1) is 6.04 Å². The zero-order valence-electron chi connectivity index (χ0n) is 12.0. The Labute approximate surface area is 119 Å². The summed E-state index contributed by atoms with van der Waals surface area (Å²) in [5.74, 6) is 0.157. The van der Waals surface area contributed by atoms with Gasteiger partial charge in [0.15, 0.2) is 0 Å². The number of rotatable bonds is 3. The second-order valence-corrected chi connectivity index (χ2v) is 5.02. The van der Waals surface area contributed by atoms with Crippen molar-refractivity contribution in [2.45, 2.75) is 19.9 Å². The molecule has 0 aliphatic carbocycles. The van der Waals surface area contributed by atoms with Gasteiger partial charge in [0, 0.05) is 18.2 Å². The maximum atomic E-state index is 12.4. The fourth-order valence-corrected chi connectivity index (χ4v) is 2.13. The van der Waals surface area contributed by atoms with E-state index in [1.54, 1.807) is 24.1 Å². The lowest BCUT2D eigenvalue weighted by molar-refractivity contribution is 0.0741. The molecule has 20 heavy (non-hydrogen) atoms. The van der Waals surface area contributed by atoms with Gasteiger partial charge in [0.2, 0.25) is 0 Å². The molecule has 0 aliphatic heterocycles. The molecule has 0 saturated heterocycles. The quantitative estimate of drug-likeness (QED) is 0.926. The lowest BCUT2D eigenvalue weighted by atomic mass is 10.0. The van der Waals surface area contributed by atoms with E-state index < -0.39 is 0 Å². The predicted molar refractivity (Wildman–Crippen MR) is 79.8 cm³/mol. The first-order chi connectivity index (χ1) is 9.50. The van der Waals surface area contributed by atoms with Crippen molar-refractivity contribution in [2.24, 2.45) is 0 Å². The van der Waals surface area contributed by atoms with E-state index in [4.69, 9.17) is 0 Å². The van der Waals surface area contributed by atoms with Crippen LogP contribution < -0.4 is 0 Å². The van der Waals surface area contributed by atoms with Gasteiger partial charge in [-0.05, 0) is 32.0 Å². The number of amides is 1. The van der Waals surface area contributed by atoms with Crippen LogP contribution in [0.4, 0.5) is 0 Å². The monoisotopic (exact) mass is 269 g/mol. The van der Waals surface area contributed by atoms with Gasteiger partial charge in [-0.3, -0.25) is 4.79 Å². The van der Waals surface area contributed by atoms with Crippen molar-refractivity contribution < 1.29 is 9.90 Å². The molecule has 0 heterocycles. The molecule has 0 saturated carbocycles. The van der Waals surface area contributed by atoms with E-state index in [-0.39, 0.29) is 17.7 Å². The Bertz CT molecular complexity index is 605. The summed E-state index contributed by atoms with van der Waals surface area (Å²) in [6.45, 7) is 3.89. The van der Waals surface area contributed by atoms with Crippen LogP contribution in [-0.4, -0.2) is 23.0 Å². The molecular formula is C17H19NO2. The molecule has 0 radical (unpaired) electrons. The largest absolute Gasteiger partial charge is 0.508 e. The van der Waals surface area contributed by atoms with E-state index in [1.165, 1.54) is 0 Å². The van der Waals surface area contributed by atoms with Crippen LogP contribution in [-0.2, 0) is 0 Å². The van der Waals surface area contributed by atoms with E-state index in [1.807, 2.05) is 50.2 Å². The average molecular weight is 269 g/mol. The molecule has 1 amide bonds. The third kappa shape index (κ3) is 2.82. The van der Waals surface area contributed by atoms with Crippen molar-refractivity contribution in [3.63, 3.8) is 0 Å². The zero-order valence-corrected chi connectivity index (χ0v) is 12.0. The van der Waals surface area contributed by atoms with Crippen molar-refractivity contribution in [3.05, 3.63) is 65.2 Å². The summed E-state index contributed by atoms with van der Waals surface area (Å²) < 4.78 is 0. The van der Waals surface area contributed by atoms with Crippen molar-refractivity contribution in [3.8, 4) is 5.75 Å². The minimum Gasteiger partial charge on any atom is -0.508 e. The molecule has 1 unspecified atom stereocenters. The van der Waals surface area contributed by atoms with Gasteiger partial charge in [-0.15, -0.1) is 0 Å². The minimum atomic E-state index is -0.190. The molecule has 0 aromatic heterocycles. The molecule has 1 N–H and O–H groups in total. The van der Waals surface area contributed by atoms with Gasteiger partial charge in [-0.25, -0.2) is 0 Å². The number of hydrogen-bond acceptors (Lipinski definition) is 2. The molecule has 0 fully saturated rings. The summed E-state index contributed by atoms with van der Waals surface area (Å²) in [5.41, 5.74) is 2.52. The third-order valence-electron chi connectivity index (χ3n) is 3.59. The number of phenols is 1. The van der Waals surface area contributed by atoms with Crippen LogP contribution >= 0.6 is 0 Å².